The molecule has 2 saturated heterocycles. The average molecular weight is 1170 g/mol. The Bertz CT molecular complexity index is 2510. The van der Waals surface area contributed by atoms with Crippen LogP contribution in [-0.2, 0) is 31.0 Å². The van der Waals surface area contributed by atoms with Gasteiger partial charge in [0.05, 0.1) is 34.0 Å². The normalized spacial score (nSPS) is 16.9. The Labute approximate surface area is 474 Å². The van der Waals surface area contributed by atoms with E-state index in [1.54, 1.807) is 39.9 Å². The van der Waals surface area contributed by atoms with Crippen molar-refractivity contribution < 1.29 is 32.4 Å². The van der Waals surface area contributed by atoms with E-state index < -0.39 is 14.7 Å². The number of pyridine rings is 2. The first-order valence-corrected chi connectivity index (χ1v) is 34.1. The first-order chi connectivity index (χ1) is 36.4. The predicted molar refractivity (Wildman–Crippen MR) is 328 cm³/mol. The van der Waals surface area contributed by atoms with Gasteiger partial charge in [0, 0.05) is 105 Å². The summed E-state index contributed by atoms with van der Waals surface area (Å²) in [5, 5.41) is 1.14. The Balaban J connectivity index is 0.000000277. The van der Waals surface area contributed by atoms with Gasteiger partial charge in [0.1, 0.15) is 11.5 Å². The van der Waals surface area contributed by atoms with Crippen molar-refractivity contribution in [1.29, 1.82) is 0 Å². The van der Waals surface area contributed by atoms with Crippen molar-refractivity contribution in [3.63, 3.8) is 0 Å². The molecule has 0 saturated carbocycles. The Hall–Kier alpha value is -3.60. The molecule has 0 aliphatic carbocycles. The second kappa shape index (κ2) is 32.0. The smallest absolute Gasteiger partial charge is 0.248 e. The highest BCUT2D eigenvalue weighted by molar-refractivity contribution is 9.09. The van der Waals surface area contributed by atoms with E-state index in [0.717, 1.165) is 85.7 Å². The molecule has 4 heterocycles. The topological polar surface area (TPSA) is 133 Å². The molecule has 2 aliphatic rings. The highest BCUT2D eigenvalue weighted by Gasteiger charge is 2.26. The van der Waals surface area contributed by atoms with Crippen LogP contribution >= 0.6 is 30.7 Å². The molecule has 0 bridgehead atoms. The van der Waals surface area contributed by atoms with E-state index in [1.807, 2.05) is 39.0 Å². The summed E-state index contributed by atoms with van der Waals surface area (Å²) in [6.07, 6.45) is 16.3. The van der Waals surface area contributed by atoms with Crippen molar-refractivity contribution in [1.82, 2.24) is 9.97 Å². The van der Waals surface area contributed by atoms with E-state index in [2.05, 4.69) is 121 Å². The van der Waals surface area contributed by atoms with Crippen molar-refractivity contribution >= 4 is 42.0 Å². The Kier molecular flexibility index (Phi) is 27.4. The predicted octanol–water partition coefficient (Wildman–Crippen LogP) is 15.9. The minimum Gasteiger partial charge on any atom is -0.497 e. The molecule has 4 aromatic rings. The van der Waals surface area contributed by atoms with Crippen LogP contribution in [0.4, 0.5) is 11.4 Å². The largest absolute Gasteiger partial charge is 0.497 e. The summed E-state index contributed by atoms with van der Waals surface area (Å²) in [4.78, 5) is 23.2. The summed E-state index contributed by atoms with van der Waals surface area (Å²) in [5.74, 6) is 4.05. The molecule has 12 nitrogen and oxygen atoms in total. The highest BCUT2D eigenvalue weighted by atomic mass is 79.9. The summed E-state index contributed by atoms with van der Waals surface area (Å²) >= 11 is 3.64. The van der Waals surface area contributed by atoms with E-state index in [4.69, 9.17) is 23.3 Å². The van der Waals surface area contributed by atoms with Crippen molar-refractivity contribution in [2.24, 2.45) is 22.7 Å². The fraction of sp³-hybridized carbons (Fsp3) is 0.645. The Morgan fingerprint density at radius 2 is 1.13 bits per heavy atom. The SMILES string of the molecule is CCOP(C)(=O)C[C@H](C)c1cc[nH]c(=O)c1.CCOP(C)(=O)C[C@H](C)c1ccnc(OCC2CCN(c3cc(OC)ccc3CCCC(C)(C)C)CC2)c1.COc1ccc(CCCC(C)(C)C)c(N2CCC(CBr)CC2)c1. The zero-order chi connectivity index (χ0) is 56.8. The monoisotopic (exact) mass is 1170 g/mol. The van der Waals surface area contributed by atoms with Crippen LogP contribution in [0.1, 0.15) is 155 Å². The second-order valence-corrected chi connectivity index (χ2v) is 30.0. The number of alkyl halides is 1. The molecule has 0 radical (unpaired) electrons. The molecular formula is C62H99BrN4O8P2. The van der Waals surface area contributed by atoms with E-state index in [0.29, 0.717) is 54.8 Å². The number of aromatic nitrogens is 2. The molecule has 2 aromatic carbocycles. The number of methoxy groups -OCH3 is 2. The number of hydrogen-bond acceptors (Lipinski definition) is 11. The standard InChI is InChI=1S/C31H49N2O4P.C20H32BrNO.C11H18NO3P/c1-8-37-38(7,34)23-24(2)27-13-17-32-30(20-27)36-22-25-14-18-33(19-15-25)29-21-28(35-6)12-11-26(29)10-9-16-31(3,4)5;1-20(2,3)11-5-6-17-7-8-18(23-4)14-19(17)22-12-9-16(15-21)10-13-22;1-4-15-16(3,14)8-9(2)10-5-6-12-11(13)7-10/h11-13,17,20-21,24-25H,8-10,14-16,18-19,22-23H2,1-7H3;7-8,14,16H,5-6,9-13,15H2,1-4H3;5-7,9H,4,8H2,1-3H3,(H,12,13)/t24-,38?;;9-,16?/m0.0/s1. The third-order valence-corrected chi connectivity index (χ3v) is 19.6. The number of halogens is 1. The molecule has 4 atom stereocenters. The van der Waals surface area contributed by atoms with Gasteiger partial charge >= 0.3 is 0 Å². The van der Waals surface area contributed by atoms with Crippen LogP contribution < -0.4 is 29.6 Å². The van der Waals surface area contributed by atoms with Gasteiger partial charge in [0.25, 0.3) is 0 Å². The molecule has 1 N–H and O–H groups in total. The number of aromatic amines is 1. The van der Waals surface area contributed by atoms with Gasteiger partial charge in [0.15, 0.2) is 0 Å². The maximum absolute atomic E-state index is 12.6. The number of nitrogens with one attached hydrogen (secondary N) is 1. The number of nitrogens with zero attached hydrogens (tertiary/aromatic N) is 3. The average Bonchev–Trinajstić information content (AvgIpc) is 3.38. The number of aryl methyl sites for hydroxylation is 2. The molecule has 2 aromatic heterocycles. The molecule has 432 valence electrons. The van der Waals surface area contributed by atoms with E-state index >= 15 is 0 Å². The van der Waals surface area contributed by atoms with Gasteiger partial charge in [0.2, 0.25) is 26.2 Å². The summed E-state index contributed by atoms with van der Waals surface area (Å²) in [7, 11) is -1.64. The maximum Gasteiger partial charge on any atom is 0.248 e. The van der Waals surface area contributed by atoms with E-state index in [1.165, 1.54) is 67.1 Å². The van der Waals surface area contributed by atoms with Gasteiger partial charge < -0.3 is 38.0 Å². The summed E-state index contributed by atoms with van der Waals surface area (Å²) in [6.45, 7) is 31.0. The van der Waals surface area contributed by atoms with Crippen molar-refractivity contribution in [3.05, 3.63) is 106 Å². The minimum absolute atomic E-state index is 0.0599. The van der Waals surface area contributed by atoms with Gasteiger partial charge in [-0.1, -0.05) is 83.5 Å². The van der Waals surface area contributed by atoms with Gasteiger partial charge in [-0.25, -0.2) is 4.98 Å². The summed E-state index contributed by atoms with van der Waals surface area (Å²) in [5.41, 5.74) is 8.24. The number of H-pyrrole nitrogens is 1. The van der Waals surface area contributed by atoms with Gasteiger partial charge in [-0.3, -0.25) is 13.9 Å². The van der Waals surface area contributed by atoms with Crippen molar-refractivity contribution in [2.45, 2.75) is 145 Å². The fourth-order valence-electron chi connectivity index (χ4n) is 10.3. The Morgan fingerprint density at radius 1 is 0.675 bits per heavy atom. The van der Waals surface area contributed by atoms with E-state index in [-0.39, 0.29) is 17.4 Å². The van der Waals surface area contributed by atoms with Crippen molar-refractivity contribution in [3.8, 4) is 17.4 Å². The lowest BCUT2D eigenvalue weighted by molar-refractivity contribution is 0.216. The zero-order valence-corrected chi connectivity index (χ0v) is 53.1. The number of ether oxygens (including phenoxy) is 3. The summed E-state index contributed by atoms with van der Waals surface area (Å²) in [6, 6.07) is 20.5. The lowest BCUT2D eigenvalue weighted by Crippen LogP contribution is -2.36. The number of anilines is 2. The molecule has 2 aliphatic heterocycles. The summed E-state index contributed by atoms with van der Waals surface area (Å²) < 4.78 is 52.5. The zero-order valence-electron chi connectivity index (χ0n) is 49.8. The minimum atomic E-state index is -2.59. The Morgan fingerprint density at radius 3 is 1.55 bits per heavy atom. The fourth-order valence-corrected chi connectivity index (χ4v) is 14.6. The van der Waals surface area contributed by atoms with Gasteiger partial charge in [-0.15, -0.1) is 0 Å². The van der Waals surface area contributed by atoms with Gasteiger partial charge in [-0.05, 0) is 159 Å². The third kappa shape index (κ3) is 24.3. The highest BCUT2D eigenvalue weighted by Crippen LogP contribution is 2.47. The van der Waals surface area contributed by atoms with Crippen LogP contribution in [0.2, 0.25) is 0 Å². The maximum atomic E-state index is 12.6. The van der Waals surface area contributed by atoms with E-state index in [9.17, 15) is 13.9 Å². The van der Waals surface area contributed by atoms with Crippen LogP contribution in [0.5, 0.6) is 17.4 Å². The molecule has 2 fully saturated rings. The number of piperidine rings is 2. The van der Waals surface area contributed by atoms with Gasteiger partial charge in [-0.2, -0.15) is 0 Å². The molecular weight excluding hydrogens is 1070 g/mol. The molecule has 0 amide bonds. The first-order valence-electron chi connectivity index (χ1n) is 28.5. The number of benzene rings is 2. The molecule has 15 heteroatoms. The van der Waals surface area contributed by atoms with Crippen LogP contribution in [0.25, 0.3) is 0 Å². The third-order valence-electron chi connectivity index (χ3n) is 14.6. The van der Waals surface area contributed by atoms with Crippen LogP contribution in [0.3, 0.4) is 0 Å². The van der Waals surface area contributed by atoms with Crippen LogP contribution in [0.15, 0.2) is 77.9 Å². The number of rotatable bonds is 24. The lowest BCUT2D eigenvalue weighted by atomic mass is 9.88. The molecule has 0 spiro atoms. The lowest BCUT2D eigenvalue weighted by Gasteiger charge is -2.35. The molecule has 2 unspecified atom stereocenters. The molecule has 6 rings (SSSR count). The number of hydrogen-bond donors (Lipinski definition) is 1. The van der Waals surface area contributed by atoms with Crippen molar-refractivity contribution in [2.75, 3.05) is 101 Å². The molecule has 77 heavy (non-hydrogen) atoms. The second-order valence-electron chi connectivity index (χ2n) is 24.1. The van der Waals surface area contributed by atoms with Crippen LogP contribution in [0, 0.1) is 22.7 Å². The first kappa shape index (κ1) is 65.9. The van der Waals surface area contributed by atoms with Crippen LogP contribution in [-0.4, -0.2) is 101 Å². The quantitative estimate of drug-likeness (QED) is 0.0531.